The Morgan fingerprint density at radius 2 is 1.64 bits per heavy atom. The van der Waals surface area contributed by atoms with Crippen LogP contribution in [0.4, 0.5) is 0 Å². The topological polar surface area (TPSA) is 23.9 Å². The summed E-state index contributed by atoms with van der Waals surface area (Å²) < 4.78 is 0. The summed E-state index contributed by atoms with van der Waals surface area (Å²) in [5, 5.41) is 7.30. The lowest BCUT2D eigenvalue weighted by Crippen LogP contribution is -1.92. The van der Waals surface area contributed by atoms with Crippen molar-refractivity contribution in [2.75, 3.05) is 0 Å². The van der Waals surface area contributed by atoms with Gasteiger partial charge in [-0.3, -0.25) is 0 Å². The molecule has 0 heterocycles. The van der Waals surface area contributed by atoms with Gasteiger partial charge < -0.3 is 5.41 Å². The summed E-state index contributed by atoms with van der Waals surface area (Å²) in [5.74, 6) is 0. The second-order valence-electron chi connectivity index (χ2n) is 3.62. The van der Waals surface area contributed by atoms with Gasteiger partial charge in [-0.05, 0) is 55.5 Å². The molecule has 1 aromatic rings. The third kappa shape index (κ3) is 1.92. The van der Waals surface area contributed by atoms with Crippen molar-refractivity contribution in [3.8, 4) is 0 Å². The molecule has 0 bridgehead atoms. The minimum absolute atomic E-state index is 0.983. The summed E-state index contributed by atoms with van der Waals surface area (Å²) in [7, 11) is 0. The zero-order chi connectivity index (χ0) is 10.7. The highest BCUT2D eigenvalue weighted by molar-refractivity contribution is 6.08. The fourth-order valence-electron chi connectivity index (χ4n) is 1.54. The Balaban J connectivity index is 3.32. The maximum absolute atomic E-state index is 7.30. The fourth-order valence-corrected chi connectivity index (χ4v) is 1.54. The van der Waals surface area contributed by atoms with Crippen LogP contribution in [0.2, 0.25) is 0 Å². The quantitative estimate of drug-likeness (QED) is 0.683. The van der Waals surface area contributed by atoms with Gasteiger partial charge in [0.1, 0.15) is 0 Å². The van der Waals surface area contributed by atoms with Crippen molar-refractivity contribution in [1.29, 1.82) is 5.41 Å². The Hall–Kier alpha value is -1.37. The van der Waals surface area contributed by atoms with Gasteiger partial charge in [-0.2, -0.15) is 0 Å². The van der Waals surface area contributed by atoms with Crippen molar-refractivity contribution in [2.45, 2.75) is 27.7 Å². The monoisotopic (exact) mass is 187 g/mol. The van der Waals surface area contributed by atoms with E-state index in [4.69, 9.17) is 5.41 Å². The summed E-state index contributed by atoms with van der Waals surface area (Å²) in [4.78, 5) is 0. The molecule has 0 atom stereocenters. The molecule has 14 heavy (non-hydrogen) atoms. The molecular weight excluding hydrogens is 170 g/mol. The zero-order valence-corrected chi connectivity index (χ0v) is 9.31. The largest absolute Gasteiger partial charge is 0.308 e. The van der Waals surface area contributed by atoms with Gasteiger partial charge in [0.05, 0.1) is 0 Å². The molecule has 0 aliphatic carbocycles. The lowest BCUT2D eigenvalue weighted by Gasteiger charge is -2.09. The lowest BCUT2D eigenvalue weighted by atomic mass is 9.97. The number of hydrogen-bond donors (Lipinski definition) is 1. The van der Waals surface area contributed by atoms with Crippen LogP contribution in [-0.2, 0) is 0 Å². The Bertz CT molecular complexity index is 363. The first kappa shape index (κ1) is 10.7. The van der Waals surface area contributed by atoms with Crippen molar-refractivity contribution in [1.82, 2.24) is 0 Å². The van der Waals surface area contributed by atoms with Crippen molar-refractivity contribution in [3.05, 3.63) is 40.5 Å². The predicted octanol–water partition coefficient (Wildman–Crippen LogP) is 3.66. The number of allylic oxidation sites excluding steroid dienone is 2. The van der Waals surface area contributed by atoms with Crippen LogP contribution in [0.25, 0.3) is 5.57 Å². The molecule has 0 aromatic heterocycles. The standard InChI is InChI=1S/C13H17N/c1-5-12(8-14)13-6-9(2)11(4)10(3)7-13/h5-8,14H,1-4H3/b12-5+,14-8?. The van der Waals surface area contributed by atoms with E-state index >= 15 is 0 Å². The van der Waals surface area contributed by atoms with Crippen molar-refractivity contribution in [3.63, 3.8) is 0 Å². The SMILES string of the molecule is C/C=C(\C=N)c1cc(C)c(C)c(C)c1. The highest BCUT2D eigenvalue weighted by atomic mass is 14.3. The Morgan fingerprint density at radius 1 is 1.14 bits per heavy atom. The van der Waals surface area contributed by atoms with E-state index in [9.17, 15) is 0 Å². The van der Waals surface area contributed by atoms with Gasteiger partial charge in [-0.1, -0.05) is 18.2 Å². The van der Waals surface area contributed by atoms with E-state index in [0.29, 0.717) is 0 Å². The highest BCUT2D eigenvalue weighted by Gasteiger charge is 2.02. The molecule has 0 unspecified atom stereocenters. The normalized spacial score (nSPS) is 11.6. The number of hydrogen-bond acceptors (Lipinski definition) is 1. The molecule has 0 aliphatic rings. The van der Waals surface area contributed by atoms with Gasteiger partial charge in [0, 0.05) is 6.21 Å². The highest BCUT2D eigenvalue weighted by Crippen LogP contribution is 2.20. The van der Waals surface area contributed by atoms with Crippen LogP contribution in [0, 0.1) is 26.2 Å². The smallest absolute Gasteiger partial charge is 0.0253 e. The van der Waals surface area contributed by atoms with Crippen molar-refractivity contribution >= 4 is 11.8 Å². The molecule has 1 heteroatoms. The predicted molar refractivity (Wildman–Crippen MR) is 63.1 cm³/mol. The number of benzene rings is 1. The van der Waals surface area contributed by atoms with Gasteiger partial charge in [-0.25, -0.2) is 0 Å². The van der Waals surface area contributed by atoms with Crippen LogP contribution in [0.5, 0.6) is 0 Å². The van der Waals surface area contributed by atoms with Crippen molar-refractivity contribution < 1.29 is 0 Å². The number of rotatable bonds is 2. The zero-order valence-electron chi connectivity index (χ0n) is 9.31. The van der Waals surface area contributed by atoms with E-state index in [0.717, 1.165) is 11.1 Å². The lowest BCUT2D eigenvalue weighted by molar-refractivity contribution is 1.26. The van der Waals surface area contributed by atoms with E-state index in [1.54, 1.807) is 0 Å². The molecule has 1 aromatic carbocycles. The van der Waals surface area contributed by atoms with Gasteiger partial charge >= 0.3 is 0 Å². The molecule has 0 saturated carbocycles. The summed E-state index contributed by atoms with van der Waals surface area (Å²) >= 11 is 0. The minimum Gasteiger partial charge on any atom is -0.308 e. The molecule has 0 radical (unpaired) electrons. The molecule has 0 aliphatic heterocycles. The second-order valence-corrected chi connectivity index (χ2v) is 3.62. The first-order chi connectivity index (χ1) is 6.60. The number of nitrogens with one attached hydrogen (secondary N) is 1. The van der Waals surface area contributed by atoms with Crippen LogP contribution in [0.1, 0.15) is 29.2 Å². The average Bonchev–Trinajstić information content (AvgIpc) is 2.16. The van der Waals surface area contributed by atoms with E-state index in [1.165, 1.54) is 22.9 Å². The van der Waals surface area contributed by atoms with Gasteiger partial charge in [0.15, 0.2) is 0 Å². The van der Waals surface area contributed by atoms with E-state index in [-0.39, 0.29) is 0 Å². The van der Waals surface area contributed by atoms with Gasteiger partial charge in [0.2, 0.25) is 0 Å². The molecule has 1 nitrogen and oxygen atoms in total. The van der Waals surface area contributed by atoms with Gasteiger partial charge in [0.25, 0.3) is 0 Å². The van der Waals surface area contributed by atoms with Crippen LogP contribution in [0.3, 0.4) is 0 Å². The van der Waals surface area contributed by atoms with E-state index in [1.807, 2.05) is 13.0 Å². The third-order valence-corrected chi connectivity index (χ3v) is 2.73. The summed E-state index contributed by atoms with van der Waals surface area (Å²) in [6, 6.07) is 4.28. The summed E-state index contributed by atoms with van der Waals surface area (Å²) in [5.41, 5.74) is 6.05. The van der Waals surface area contributed by atoms with Gasteiger partial charge in [-0.15, -0.1) is 0 Å². The molecule has 74 valence electrons. The van der Waals surface area contributed by atoms with Crippen LogP contribution in [0.15, 0.2) is 18.2 Å². The molecule has 1 N–H and O–H groups in total. The maximum atomic E-state index is 7.30. The van der Waals surface area contributed by atoms with Crippen LogP contribution in [-0.4, -0.2) is 6.21 Å². The molecule has 0 fully saturated rings. The van der Waals surface area contributed by atoms with Crippen LogP contribution < -0.4 is 0 Å². The minimum atomic E-state index is 0.983. The third-order valence-electron chi connectivity index (χ3n) is 2.73. The number of aryl methyl sites for hydroxylation is 2. The first-order valence-electron chi connectivity index (χ1n) is 4.85. The molecule has 1 rings (SSSR count). The molecule has 0 saturated heterocycles. The molecular formula is C13H17N. The maximum Gasteiger partial charge on any atom is 0.0253 e. The summed E-state index contributed by atoms with van der Waals surface area (Å²) in [6.07, 6.45) is 3.38. The molecule has 0 amide bonds. The average molecular weight is 187 g/mol. The van der Waals surface area contributed by atoms with E-state index in [2.05, 4.69) is 32.9 Å². The Kier molecular flexibility index (Phi) is 3.23. The first-order valence-corrected chi connectivity index (χ1v) is 4.85. The van der Waals surface area contributed by atoms with E-state index < -0.39 is 0 Å². The van der Waals surface area contributed by atoms with Crippen LogP contribution >= 0.6 is 0 Å². The molecule has 0 spiro atoms. The van der Waals surface area contributed by atoms with Crippen molar-refractivity contribution in [2.24, 2.45) is 0 Å². The fraction of sp³-hybridized carbons (Fsp3) is 0.308. The Labute approximate surface area is 86.0 Å². The Morgan fingerprint density at radius 3 is 2.00 bits per heavy atom. The summed E-state index contributed by atoms with van der Waals surface area (Å²) in [6.45, 7) is 8.32. The second kappa shape index (κ2) is 4.23.